The molecule has 2 N–H and O–H groups in total. The Morgan fingerprint density at radius 3 is 2.47 bits per heavy atom. The normalized spacial score (nSPS) is 10.3. The first-order valence-corrected chi connectivity index (χ1v) is 4.89. The van der Waals surface area contributed by atoms with Crippen LogP contribution in [0.3, 0.4) is 0 Å². The van der Waals surface area contributed by atoms with Crippen molar-refractivity contribution in [3.8, 4) is 11.3 Å². The highest BCUT2D eigenvalue weighted by Gasteiger charge is 2.03. The van der Waals surface area contributed by atoms with Gasteiger partial charge in [0.2, 0.25) is 0 Å². The minimum absolute atomic E-state index is 0.244. The molecule has 0 aliphatic rings. The van der Waals surface area contributed by atoms with Crippen molar-refractivity contribution in [2.24, 2.45) is 0 Å². The number of nitrogens with zero attached hydrogens (tertiary/aromatic N) is 2. The lowest BCUT2D eigenvalue weighted by Gasteiger charge is -2.02. The lowest BCUT2D eigenvalue weighted by Crippen LogP contribution is -1.95. The minimum atomic E-state index is 0.244. The number of benzene rings is 1. The van der Waals surface area contributed by atoms with Gasteiger partial charge < -0.3 is 5.73 Å². The van der Waals surface area contributed by atoms with Gasteiger partial charge in [-0.1, -0.05) is 41.4 Å². The summed E-state index contributed by atoms with van der Waals surface area (Å²) in [5.41, 5.74) is 8.40. The van der Waals surface area contributed by atoms with Crippen molar-refractivity contribution in [2.45, 2.75) is 6.92 Å². The second-order valence-corrected chi connectivity index (χ2v) is 3.66. The van der Waals surface area contributed by atoms with Gasteiger partial charge in [-0.3, -0.25) is 0 Å². The molecule has 0 saturated carbocycles. The Balaban J connectivity index is 2.45. The topological polar surface area (TPSA) is 51.8 Å². The molecule has 0 atom stereocenters. The molecule has 0 fully saturated rings. The smallest absolute Gasteiger partial charge is 0.171 e. The summed E-state index contributed by atoms with van der Waals surface area (Å²) < 4.78 is 0. The Hall–Kier alpha value is -1.61. The van der Waals surface area contributed by atoms with Crippen molar-refractivity contribution >= 4 is 17.4 Å². The monoisotopic (exact) mass is 219 g/mol. The Morgan fingerprint density at radius 1 is 1.20 bits per heavy atom. The largest absolute Gasteiger partial charge is 0.381 e. The number of rotatable bonds is 1. The summed E-state index contributed by atoms with van der Waals surface area (Å²) in [6.07, 6.45) is 1.62. The number of hydrogen-bond acceptors (Lipinski definition) is 3. The molecule has 0 bridgehead atoms. The van der Waals surface area contributed by atoms with Gasteiger partial charge in [0.05, 0.1) is 11.9 Å². The van der Waals surface area contributed by atoms with E-state index in [1.165, 1.54) is 5.56 Å². The zero-order chi connectivity index (χ0) is 10.8. The summed E-state index contributed by atoms with van der Waals surface area (Å²) in [6.45, 7) is 2.03. The molecule has 15 heavy (non-hydrogen) atoms. The maximum absolute atomic E-state index is 5.80. The van der Waals surface area contributed by atoms with Gasteiger partial charge in [-0.2, -0.15) is 0 Å². The van der Waals surface area contributed by atoms with E-state index in [9.17, 15) is 0 Å². The van der Waals surface area contributed by atoms with E-state index in [0.29, 0.717) is 0 Å². The van der Waals surface area contributed by atoms with E-state index < -0.39 is 0 Å². The van der Waals surface area contributed by atoms with Gasteiger partial charge in [0, 0.05) is 5.56 Å². The SMILES string of the molecule is Cc1ccc(-c2cnc(N)c(Cl)n2)cc1. The van der Waals surface area contributed by atoms with Crippen molar-refractivity contribution in [3.05, 3.63) is 41.2 Å². The minimum Gasteiger partial charge on any atom is -0.381 e. The predicted molar refractivity (Wildman–Crippen MR) is 61.6 cm³/mol. The first-order chi connectivity index (χ1) is 7.16. The zero-order valence-corrected chi connectivity index (χ0v) is 8.99. The number of nitrogen functional groups attached to an aromatic ring is 1. The van der Waals surface area contributed by atoms with E-state index in [1.807, 2.05) is 31.2 Å². The molecule has 1 heterocycles. The van der Waals surface area contributed by atoms with Gasteiger partial charge >= 0.3 is 0 Å². The highest BCUT2D eigenvalue weighted by atomic mass is 35.5. The van der Waals surface area contributed by atoms with Crippen molar-refractivity contribution in [1.82, 2.24) is 9.97 Å². The van der Waals surface area contributed by atoms with E-state index in [-0.39, 0.29) is 11.0 Å². The standard InChI is InChI=1S/C11H10ClN3/c1-7-2-4-8(5-3-7)9-6-14-11(13)10(12)15-9/h2-6H,1H3,(H2,13,14). The Bertz CT molecular complexity index is 480. The number of anilines is 1. The summed E-state index contributed by atoms with van der Waals surface area (Å²) in [7, 11) is 0. The molecule has 4 heteroatoms. The van der Waals surface area contributed by atoms with E-state index in [0.717, 1.165) is 11.3 Å². The van der Waals surface area contributed by atoms with Crippen LogP contribution in [0.5, 0.6) is 0 Å². The van der Waals surface area contributed by atoms with Crippen LogP contribution in [0.4, 0.5) is 5.82 Å². The van der Waals surface area contributed by atoms with Crippen LogP contribution in [0.2, 0.25) is 5.15 Å². The maximum atomic E-state index is 5.80. The summed E-state index contributed by atoms with van der Waals surface area (Å²) in [4.78, 5) is 8.11. The zero-order valence-electron chi connectivity index (χ0n) is 8.24. The Kier molecular flexibility index (Phi) is 2.56. The van der Waals surface area contributed by atoms with Gasteiger partial charge in [-0.05, 0) is 6.92 Å². The fraction of sp³-hybridized carbons (Fsp3) is 0.0909. The first kappa shape index (κ1) is 9.93. The van der Waals surface area contributed by atoms with Gasteiger partial charge in [-0.15, -0.1) is 0 Å². The van der Waals surface area contributed by atoms with Crippen LogP contribution in [0.15, 0.2) is 30.5 Å². The average Bonchev–Trinajstić information content (AvgIpc) is 2.23. The molecular formula is C11H10ClN3. The summed E-state index contributed by atoms with van der Waals surface area (Å²) in [5, 5.41) is 0.244. The predicted octanol–water partition coefficient (Wildman–Crippen LogP) is 2.69. The number of aromatic nitrogens is 2. The molecular weight excluding hydrogens is 210 g/mol. The maximum Gasteiger partial charge on any atom is 0.171 e. The molecule has 0 aliphatic heterocycles. The lowest BCUT2D eigenvalue weighted by atomic mass is 10.1. The highest BCUT2D eigenvalue weighted by molar-refractivity contribution is 6.31. The lowest BCUT2D eigenvalue weighted by molar-refractivity contribution is 1.21. The molecule has 0 spiro atoms. The molecule has 76 valence electrons. The molecule has 3 nitrogen and oxygen atoms in total. The van der Waals surface area contributed by atoms with Gasteiger partial charge in [0.15, 0.2) is 11.0 Å². The van der Waals surface area contributed by atoms with E-state index in [2.05, 4.69) is 9.97 Å². The number of aryl methyl sites for hydroxylation is 1. The van der Waals surface area contributed by atoms with Crippen LogP contribution in [-0.2, 0) is 0 Å². The van der Waals surface area contributed by atoms with Crippen LogP contribution >= 0.6 is 11.6 Å². The highest BCUT2D eigenvalue weighted by Crippen LogP contribution is 2.20. The first-order valence-electron chi connectivity index (χ1n) is 4.52. The Labute approximate surface area is 92.9 Å². The number of hydrogen-bond donors (Lipinski definition) is 1. The molecule has 1 aromatic heterocycles. The van der Waals surface area contributed by atoms with Crippen LogP contribution in [0, 0.1) is 6.92 Å². The van der Waals surface area contributed by atoms with E-state index >= 15 is 0 Å². The van der Waals surface area contributed by atoms with E-state index in [1.54, 1.807) is 6.20 Å². The van der Waals surface area contributed by atoms with Crippen LogP contribution < -0.4 is 5.73 Å². The molecule has 2 rings (SSSR count). The fourth-order valence-corrected chi connectivity index (χ4v) is 1.38. The average molecular weight is 220 g/mol. The van der Waals surface area contributed by atoms with Gasteiger partial charge in [-0.25, -0.2) is 9.97 Å². The number of nitrogens with two attached hydrogens (primary N) is 1. The van der Waals surface area contributed by atoms with Crippen LogP contribution in [-0.4, -0.2) is 9.97 Å². The Morgan fingerprint density at radius 2 is 1.87 bits per heavy atom. The van der Waals surface area contributed by atoms with Crippen molar-refractivity contribution in [2.75, 3.05) is 5.73 Å². The summed E-state index contributed by atoms with van der Waals surface area (Å²) >= 11 is 5.80. The molecule has 0 saturated heterocycles. The van der Waals surface area contributed by atoms with Crippen molar-refractivity contribution in [1.29, 1.82) is 0 Å². The van der Waals surface area contributed by atoms with Gasteiger partial charge in [0.25, 0.3) is 0 Å². The van der Waals surface area contributed by atoms with Crippen LogP contribution in [0.1, 0.15) is 5.56 Å². The molecule has 1 aromatic carbocycles. The summed E-state index contributed by atoms with van der Waals surface area (Å²) in [5.74, 6) is 0.257. The second-order valence-electron chi connectivity index (χ2n) is 3.30. The van der Waals surface area contributed by atoms with E-state index in [4.69, 9.17) is 17.3 Å². The van der Waals surface area contributed by atoms with Crippen LogP contribution in [0.25, 0.3) is 11.3 Å². The summed E-state index contributed by atoms with van der Waals surface area (Å²) in [6, 6.07) is 7.99. The molecule has 2 aromatic rings. The third kappa shape index (κ3) is 2.07. The molecule has 0 aliphatic carbocycles. The van der Waals surface area contributed by atoms with Crippen molar-refractivity contribution in [3.63, 3.8) is 0 Å². The third-order valence-corrected chi connectivity index (χ3v) is 2.38. The second kappa shape index (κ2) is 3.87. The van der Waals surface area contributed by atoms with Crippen molar-refractivity contribution < 1.29 is 0 Å². The fourth-order valence-electron chi connectivity index (χ4n) is 1.24. The third-order valence-electron chi connectivity index (χ3n) is 2.10. The molecule has 0 amide bonds. The molecule has 0 unspecified atom stereocenters. The molecule has 0 radical (unpaired) electrons. The number of halogens is 1. The van der Waals surface area contributed by atoms with Gasteiger partial charge in [0.1, 0.15) is 0 Å². The quantitative estimate of drug-likeness (QED) is 0.802.